The number of fused-ring (bicyclic) bond motifs is 1. The van der Waals surface area contributed by atoms with Crippen molar-refractivity contribution >= 4 is 11.8 Å². The van der Waals surface area contributed by atoms with Crippen LogP contribution in [0.25, 0.3) is 0 Å². The van der Waals surface area contributed by atoms with Crippen LogP contribution in [0.2, 0.25) is 0 Å². The Bertz CT molecular complexity index is 777. The number of hydrogen-bond donors (Lipinski definition) is 0. The van der Waals surface area contributed by atoms with E-state index in [1.807, 2.05) is 0 Å². The topological polar surface area (TPSA) is 65.7 Å². The Balaban J connectivity index is 1.87. The normalized spacial score (nSPS) is 16.3. The van der Waals surface area contributed by atoms with Gasteiger partial charge in [-0.1, -0.05) is 6.92 Å². The number of esters is 1. The molecule has 2 aromatic rings. The fourth-order valence-electron chi connectivity index (χ4n) is 2.83. The van der Waals surface area contributed by atoms with Gasteiger partial charge in [-0.15, -0.1) is 0 Å². The number of benzene rings is 1. The Labute approximate surface area is 132 Å². The van der Waals surface area contributed by atoms with E-state index < -0.39 is 11.8 Å². The van der Waals surface area contributed by atoms with E-state index in [0.29, 0.717) is 11.3 Å². The molecular weight excluding hydrogens is 303 g/mol. The number of carbonyl (C=O) groups excluding carboxylic acids is 2. The van der Waals surface area contributed by atoms with Crippen LogP contribution in [-0.4, -0.2) is 18.9 Å². The van der Waals surface area contributed by atoms with Gasteiger partial charge in [0.1, 0.15) is 23.7 Å². The van der Waals surface area contributed by atoms with E-state index in [1.165, 1.54) is 31.6 Å². The molecule has 1 aliphatic carbocycles. The van der Waals surface area contributed by atoms with Crippen LogP contribution in [0.5, 0.6) is 5.75 Å². The van der Waals surface area contributed by atoms with Crippen molar-refractivity contribution in [3.8, 4) is 5.75 Å². The van der Waals surface area contributed by atoms with Gasteiger partial charge in [0.15, 0.2) is 11.5 Å². The van der Waals surface area contributed by atoms with Crippen LogP contribution in [0.1, 0.15) is 51.3 Å². The summed E-state index contributed by atoms with van der Waals surface area (Å²) in [6.07, 6.45) is 1.62. The first-order valence-corrected chi connectivity index (χ1v) is 7.16. The van der Waals surface area contributed by atoms with Crippen molar-refractivity contribution in [3.05, 3.63) is 52.7 Å². The van der Waals surface area contributed by atoms with Gasteiger partial charge in [0.05, 0.1) is 18.9 Å². The largest absolute Gasteiger partial charge is 0.485 e. The summed E-state index contributed by atoms with van der Waals surface area (Å²) in [5.41, 5.74) is 0.926. The highest BCUT2D eigenvalue weighted by molar-refractivity contribution is 6.03. The second kappa shape index (κ2) is 5.87. The fourth-order valence-corrected chi connectivity index (χ4v) is 2.83. The number of rotatable bonds is 4. The van der Waals surface area contributed by atoms with E-state index in [1.54, 1.807) is 6.92 Å². The van der Waals surface area contributed by atoms with Crippen molar-refractivity contribution in [1.82, 2.24) is 0 Å². The molecule has 3 rings (SSSR count). The highest BCUT2D eigenvalue weighted by atomic mass is 19.1. The lowest BCUT2D eigenvalue weighted by Crippen LogP contribution is -2.07. The first-order chi connectivity index (χ1) is 11.0. The molecule has 5 nitrogen and oxygen atoms in total. The van der Waals surface area contributed by atoms with Gasteiger partial charge >= 0.3 is 5.97 Å². The van der Waals surface area contributed by atoms with Crippen LogP contribution in [-0.2, 0) is 11.3 Å². The smallest absolute Gasteiger partial charge is 0.341 e. The van der Waals surface area contributed by atoms with Gasteiger partial charge in [-0.25, -0.2) is 9.18 Å². The molecular formula is C17H15FO5. The molecule has 0 saturated carbocycles. The molecule has 0 aliphatic heterocycles. The van der Waals surface area contributed by atoms with E-state index in [0.717, 1.165) is 0 Å². The summed E-state index contributed by atoms with van der Waals surface area (Å²) in [6, 6.07) is 4.18. The minimum atomic E-state index is -0.536. The Hall–Kier alpha value is -2.63. The average molecular weight is 318 g/mol. The van der Waals surface area contributed by atoms with Crippen LogP contribution < -0.4 is 4.74 Å². The standard InChI is InChI=1S/C17H15FO5/c1-9-7-12(19)16-13(4-3-11(18)15(9)16)23-8-14-10(5-6-22-14)17(20)21-2/h3-6,9H,7-8H2,1-2H3/t9-/m0/s1. The van der Waals surface area contributed by atoms with Gasteiger partial charge in [-0.05, 0) is 24.1 Å². The maximum Gasteiger partial charge on any atom is 0.341 e. The lowest BCUT2D eigenvalue weighted by molar-refractivity contribution is 0.0595. The molecule has 0 amide bonds. The van der Waals surface area contributed by atoms with Crippen LogP contribution in [0.4, 0.5) is 4.39 Å². The van der Waals surface area contributed by atoms with E-state index in [2.05, 4.69) is 4.74 Å². The molecule has 0 radical (unpaired) electrons. The van der Waals surface area contributed by atoms with Crippen molar-refractivity contribution in [2.45, 2.75) is 25.9 Å². The van der Waals surface area contributed by atoms with Crippen LogP contribution in [0.3, 0.4) is 0 Å². The predicted octanol–water partition coefficient (Wildman–Crippen LogP) is 3.47. The van der Waals surface area contributed by atoms with Gasteiger partial charge < -0.3 is 13.9 Å². The molecule has 0 bridgehead atoms. The molecule has 1 heterocycles. The molecule has 23 heavy (non-hydrogen) atoms. The second-order valence-electron chi connectivity index (χ2n) is 5.40. The van der Waals surface area contributed by atoms with Crippen LogP contribution in [0, 0.1) is 5.82 Å². The van der Waals surface area contributed by atoms with Gasteiger partial charge in [0.2, 0.25) is 0 Å². The minimum Gasteiger partial charge on any atom is -0.485 e. The Kier molecular flexibility index (Phi) is 3.90. The fraction of sp³-hybridized carbons (Fsp3) is 0.294. The van der Waals surface area contributed by atoms with Crippen LogP contribution in [0.15, 0.2) is 28.9 Å². The third kappa shape index (κ3) is 2.60. The quantitative estimate of drug-likeness (QED) is 0.808. The molecule has 0 N–H and O–H groups in total. The van der Waals surface area contributed by atoms with Crippen molar-refractivity contribution in [2.24, 2.45) is 0 Å². The van der Waals surface area contributed by atoms with E-state index in [9.17, 15) is 14.0 Å². The molecule has 1 atom stereocenters. The van der Waals surface area contributed by atoms with Gasteiger partial charge in [0, 0.05) is 12.0 Å². The number of halogens is 1. The summed E-state index contributed by atoms with van der Waals surface area (Å²) < 4.78 is 29.4. The molecule has 1 aromatic heterocycles. The Morgan fingerprint density at radius 1 is 1.39 bits per heavy atom. The number of hydrogen-bond acceptors (Lipinski definition) is 5. The maximum absolute atomic E-state index is 13.9. The number of Topliss-reactive ketones (excluding diaryl/α,β-unsaturated/α-hetero) is 1. The van der Waals surface area contributed by atoms with Crippen molar-refractivity contribution in [3.63, 3.8) is 0 Å². The lowest BCUT2D eigenvalue weighted by atomic mass is 10.0. The molecule has 0 spiro atoms. The first-order valence-electron chi connectivity index (χ1n) is 7.16. The predicted molar refractivity (Wildman–Crippen MR) is 78.1 cm³/mol. The minimum absolute atomic E-state index is 0.0584. The van der Waals surface area contributed by atoms with Gasteiger partial charge in [-0.2, -0.15) is 0 Å². The zero-order chi connectivity index (χ0) is 16.6. The SMILES string of the molecule is COC(=O)c1ccoc1COc1ccc(F)c2c1C(=O)C[C@@H]2C. The molecule has 0 fully saturated rings. The lowest BCUT2D eigenvalue weighted by Gasteiger charge is -2.11. The summed E-state index contributed by atoms with van der Waals surface area (Å²) in [6.45, 7) is 1.75. The average Bonchev–Trinajstić information content (AvgIpc) is 3.11. The highest BCUT2D eigenvalue weighted by Crippen LogP contribution is 2.40. The summed E-state index contributed by atoms with van der Waals surface area (Å²) in [5.74, 6) is -0.674. The van der Waals surface area contributed by atoms with E-state index >= 15 is 0 Å². The molecule has 120 valence electrons. The van der Waals surface area contributed by atoms with Gasteiger partial charge in [0.25, 0.3) is 0 Å². The first kappa shape index (κ1) is 15.3. The second-order valence-corrected chi connectivity index (χ2v) is 5.40. The molecule has 0 saturated heterocycles. The third-order valence-corrected chi connectivity index (χ3v) is 3.93. The molecule has 1 aliphatic rings. The van der Waals surface area contributed by atoms with Gasteiger partial charge in [-0.3, -0.25) is 4.79 Å². The Morgan fingerprint density at radius 2 is 2.17 bits per heavy atom. The summed E-state index contributed by atoms with van der Waals surface area (Å²) in [4.78, 5) is 23.7. The number of methoxy groups -OCH3 is 1. The molecule has 6 heteroatoms. The number of ketones is 1. The van der Waals surface area contributed by atoms with Crippen molar-refractivity contribution < 1.29 is 27.9 Å². The Morgan fingerprint density at radius 3 is 2.91 bits per heavy atom. The van der Waals surface area contributed by atoms with Crippen LogP contribution >= 0.6 is 0 Å². The summed E-state index contributed by atoms with van der Waals surface area (Å²) in [7, 11) is 1.27. The maximum atomic E-state index is 13.9. The van der Waals surface area contributed by atoms with E-state index in [4.69, 9.17) is 9.15 Å². The zero-order valence-electron chi connectivity index (χ0n) is 12.7. The van der Waals surface area contributed by atoms with Crippen molar-refractivity contribution in [2.75, 3.05) is 7.11 Å². The number of ether oxygens (including phenoxy) is 2. The zero-order valence-corrected chi connectivity index (χ0v) is 12.7. The monoisotopic (exact) mass is 318 g/mol. The number of furan rings is 1. The molecule has 0 unspecified atom stereocenters. The third-order valence-electron chi connectivity index (χ3n) is 3.93. The summed E-state index contributed by atoms with van der Waals surface area (Å²) in [5, 5.41) is 0. The van der Waals surface area contributed by atoms with Crippen molar-refractivity contribution in [1.29, 1.82) is 0 Å². The van der Waals surface area contributed by atoms with E-state index in [-0.39, 0.29) is 41.6 Å². The highest BCUT2D eigenvalue weighted by Gasteiger charge is 2.32. The number of carbonyl (C=O) groups is 2. The summed E-state index contributed by atoms with van der Waals surface area (Å²) >= 11 is 0. The molecule has 1 aromatic carbocycles.